The van der Waals surface area contributed by atoms with Crippen molar-refractivity contribution in [1.82, 2.24) is 0 Å². The number of ether oxygens (including phenoxy) is 1. The van der Waals surface area contributed by atoms with E-state index in [0.717, 1.165) is 12.1 Å². The molecule has 6 heteroatoms. The first kappa shape index (κ1) is 12.0. The molecular weight excluding hydrogens is 216 g/mol. The molecule has 0 saturated carbocycles. The van der Waals surface area contributed by atoms with Crippen molar-refractivity contribution in [2.75, 3.05) is 7.11 Å². The lowest BCUT2D eigenvalue weighted by atomic mass is 10.0. The van der Waals surface area contributed by atoms with Gasteiger partial charge >= 0.3 is 5.97 Å². The van der Waals surface area contributed by atoms with E-state index in [2.05, 4.69) is 0 Å². The first-order valence-corrected chi connectivity index (χ1v) is 4.28. The minimum absolute atomic E-state index is 0.0131. The highest BCUT2D eigenvalue weighted by atomic mass is 16.5. The van der Waals surface area contributed by atoms with E-state index in [1.54, 1.807) is 0 Å². The second-order valence-corrected chi connectivity index (χ2v) is 3.01. The summed E-state index contributed by atoms with van der Waals surface area (Å²) in [5.74, 6) is -1.80. The number of phenolic OH excluding ortho intramolecular Hbond substituents is 1. The lowest BCUT2D eigenvalue weighted by molar-refractivity contribution is -0.146. The highest BCUT2D eigenvalue weighted by Crippen LogP contribution is 2.31. The average Bonchev–Trinajstić information content (AvgIpc) is 2.27. The number of rotatable bonds is 4. The lowest BCUT2D eigenvalue weighted by Gasteiger charge is -2.11. The molecule has 16 heavy (non-hydrogen) atoms. The van der Waals surface area contributed by atoms with E-state index in [1.807, 2.05) is 0 Å². The Bertz CT molecular complexity index is 426. The Morgan fingerprint density at radius 2 is 2.12 bits per heavy atom. The van der Waals surface area contributed by atoms with Gasteiger partial charge in [-0.2, -0.15) is 0 Å². The zero-order valence-corrected chi connectivity index (χ0v) is 8.38. The molecular formula is C10H10O6. The first-order chi connectivity index (χ1) is 7.51. The topological polar surface area (TPSA) is 104 Å². The lowest BCUT2D eigenvalue weighted by Crippen LogP contribution is -2.12. The highest BCUT2D eigenvalue weighted by Gasteiger charge is 2.21. The Labute approximate surface area is 90.7 Å². The fourth-order valence-corrected chi connectivity index (χ4v) is 1.24. The number of aromatic hydroxyl groups is 1. The Morgan fingerprint density at radius 1 is 1.50 bits per heavy atom. The number of hydrogen-bond acceptors (Lipinski definition) is 5. The predicted molar refractivity (Wildman–Crippen MR) is 52.6 cm³/mol. The number of carbonyl (C=O) groups excluding carboxylic acids is 1. The van der Waals surface area contributed by atoms with Gasteiger partial charge in [-0.3, -0.25) is 4.79 Å². The number of methoxy groups -OCH3 is 1. The van der Waals surface area contributed by atoms with E-state index < -0.39 is 12.1 Å². The Balaban J connectivity index is 3.35. The van der Waals surface area contributed by atoms with Gasteiger partial charge < -0.3 is 20.1 Å². The minimum atomic E-state index is -1.84. The fraction of sp³-hybridized carbons (Fsp3) is 0.200. The normalized spacial score (nSPS) is 11.9. The Morgan fingerprint density at radius 3 is 2.56 bits per heavy atom. The maximum atomic E-state index is 10.7. The summed E-state index contributed by atoms with van der Waals surface area (Å²) in [6, 6.07) is 2.14. The second-order valence-electron chi connectivity index (χ2n) is 3.01. The van der Waals surface area contributed by atoms with Crippen molar-refractivity contribution in [2.45, 2.75) is 6.10 Å². The maximum Gasteiger partial charge on any atom is 0.337 e. The van der Waals surface area contributed by atoms with Crippen LogP contribution in [-0.4, -0.2) is 34.7 Å². The van der Waals surface area contributed by atoms with Crippen LogP contribution in [0.4, 0.5) is 0 Å². The number of aliphatic hydroxyl groups excluding tert-OH is 1. The summed E-state index contributed by atoms with van der Waals surface area (Å²) < 4.78 is 4.75. The van der Waals surface area contributed by atoms with Crippen LogP contribution in [0.2, 0.25) is 0 Å². The molecule has 0 bridgehead atoms. The van der Waals surface area contributed by atoms with Crippen molar-refractivity contribution in [3.8, 4) is 11.5 Å². The van der Waals surface area contributed by atoms with Gasteiger partial charge in [-0.25, -0.2) is 4.79 Å². The molecule has 1 unspecified atom stereocenters. The number of aliphatic carboxylic acids is 1. The smallest absolute Gasteiger partial charge is 0.337 e. The third-order valence-electron chi connectivity index (χ3n) is 2.04. The van der Waals surface area contributed by atoms with E-state index in [9.17, 15) is 19.8 Å². The van der Waals surface area contributed by atoms with Crippen LogP contribution >= 0.6 is 0 Å². The largest absolute Gasteiger partial charge is 0.504 e. The monoisotopic (exact) mass is 226 g/mol. The summed E-state index contributed by atoms with van der Waals surface area (Å²) >= 11 is 0. The molecule has 0 fully saturated rings. The number of hydrogen-bond donors (Lipinski definition) is 3. The summed E-state index contributed by atoms with van der Waals surface area (Å²) in [5.41, 5.74) is -0.231. The van der Waals surface area contributed by atoms with Crippen molar-refractivity contribution in [3.63, 3.8) is 0 Å². The molecule has 0 saturated heterocycles. The number of benzene rings is 1. The minimum Gasteiger partial charge on any atom is -0.504 e. The molecule has 3 N–H and O–H groups in total. The third kappa shape index (κ3) is 2.12. The predicted octanol–water partition coefficient (Wildman–Crippen LogP) is 0.331. The highest BCUT2D eigenvalue weighted by molar-refractivity contribution is 5.84. The van der Waals surface area contributed by atoms with Crippen molar-refractivity contribution in [3.05, 3.63) is 23.3 Å². The Hall–Kier alpha value is -2.08. The number of aldehydes is 1. The van der Waals surface area contributed by atoms with E-state index >= 15 is 0 Å². The maximum absolute atomic E-state index is 10.7. The quantitative estimate of drug-likeness (QED) is 0.639. The fourth-order valence-electron chi connectivity index (χ4n) is 1.24. The van der Waals surface area contributed by atoms with Crippen LogP contribution in [0, 0.1) is 0 Å². The average molecular weight is 226 g/mol. The summed E-state index contributed by atoms with van der Waals surface area (Å²) in [5, 5.41) is 27.3. The van der Waals surface area contributed by atoms with E-state index in [0.29, 0.717) is 6.29 Å². The van der Waals surface area contributed by atoms with E-state index in [4.69, 9.17) is 9.84 Å². The van der Waals surface area contributed by atoms with Gasteiger partial charge in [-0.15, -0.1) is 0 Å². The van der Waals surface area contributed by atoms with Gasteiger partial charge in [-0.1, -0.05) is 0 Å². The molecule has 6 nitrogen and oxygen atoms in total. The van der Waals surface area contributed by atoms with Crippen molar-refractivity contribution < 1.29 is 29.6 Å². The molecule has 1 atom stereocenters. The van der Waals surface area contributed by atoms with Crippen LogP contribution < -0.4 is 4.74 Å². The molecule has 1 aromatic carbocycles. The molecule has 0 radical (unpaired) electrons. The van der Waals surface area contributed by atoms with Crippen molar-refractivity contribution in [1.29, 1.82) is 0 Å². The Kier molecular flexibility index (Phi) is 3.47. The molecule has 0 aromatic heterocycles. The summed E-state index contributed by atoms with van der Waals surface area (Å²) in [7, 11) is 1.27. The van der Waals surface area contributed by atoms with Gasteiger partial charge in [0.1, 0.15) is 0 Å². The van der Waals surface area contributed by atoms with Crippen LogP contribution in [-0.2, 0) is 4.79 Å². The van der Waals surface area contributed by atoms with Gasteiger partial charge in [0.15, 0.2) is 23.9 Å². The molecule has 0 heterocycles. The summed E-state index contributed by atoms with van der Waals surface area (Å²) in [6.07, 6.45) is -1.49. The SMILES string of the molecule is COc1cc(C(O)C(=O)O)c(C=O)cc1O. The first-order valence-electron chi connectivity index (χ1n) is 4.28. The van der Waals surface area contributed by atoms with Crippen LogP contribution in [0.1, 0.15) is 22.0 Å². The summed E-state index contributed by atoms with van der Waals surface area (Å²) in [4.78, 5) is 21.2. The van der Waals surface area contributed by atoms with Gasteiger partial charge in [0.25, 0.3) is 0 Å². The molecule has 0 aliphatic rings. The molecule has 0 spiro atoms. The second kappa shape index (κ2) is 4.63. The summed E-state index contributed by atoms with van der Waals surface area (Å²) in [6.45, 7) is 0. The zero-order valence-electron chi connectivity index (χ0n) is 8.38. The van der Waals surface area contributed by atoms with Gasteiger partial charge in [0, 0.05) is 11.1 Å². The molecule has 86 valence electrons. The molecule has 1 aromatic rings. The third-order valence-corrected chi connectivity index (χ3v) is 2.04. The van der Waals surface area contributed by atoms with Crippen molar-refractivity contribution >= 4 is 12.3 Å². The van der Waals surface area contributed by atoms with E-state index in [1.165, 1.54) is 7.11 Å². The molecule has 0 aliphatic heterocycles. The van der Waals surface area contributed by atoms with Crippen LogP contribution in [0.3, 0.4) is 0 Å². The number of carbonyl (C=O) groups is 2. The number of carboxylic acid groups (broad SMARTS) is 1. The number of phenols is 1. The van der Waals surface area contributed by atoms with Gasteiger partial charge in [-0.05, 0) is 12.1 Å². The molecule has 0 aliphatic carbocycles. The van der Waals surface area contributed by atoms with Gasteiger partial charge in [0.05, 0.1) is 7.11 Å². The number of aliphatic hydroxyl groups is 1. The standard InChI is InChI=1S/C10H10O6/c1-16-8-3-6(9(13)10(14)15)5(4-11)2-7(8)12/h2-4,9,12-13H,1H3,(H,14,15). The van der Waals surface area contributed by atoms with Crippen LogP contribution in [0.25, 0.3) is 0 Å². The molecule has 0 amide bonds. The van der Waals surface area contributed by atoms with Crippen molar-refractivity contribution in [2.24, 2.45) is 0 Å². The van der Waals surface area contributed by atoms with Crippen LogP contribution in [0.15, 0.2) is 12.1 Å². The molecule has 1 rings (SSSR count). The zero-order chi connectivity index (χ0) is 12.3. The van der Waals surface area contributed by atoms with E-state index in [-0.39, 0.29) is 22.6 Å². The number of carboxylic acids is 1. The van der Waals surface area contributed by atoms with Crippen LogP contribution in [0.5, 0.6) is 11.5 Å². The van der Waals surface area contributed by atoms with Gasteiger partial charge in [0.2, 0.25) is 0 Å².